The Morgan fingerprint density at radius 1 is 1.29 bits per heavy atom. The SMILES string of the molecule is COCCOc1cc(NC(=O)C(C)CN)ccc1OC.Cl. The summed E-state index contributed by atoms with van der Waals surface area (Å²) in [6, 6.07) is 5.21. The lowest BCUT2D eigenvalue weighted by molar-refractivity contribution is -0.119. The average Bonchev–Trinajstić information content (AvgIpc) is 2.47. The van der Waals surface area contributed by atoms with Gasteiger partial charge in [-0.1, -0.05) is 6.92 Å². The molecule has 1 atom stereocenters. The van der Waals surface area contributed by atoms with Crippen LogP contribution in [0.5, 0.6) is 11.5 Å². The summed E-state index contributed by atoms with van der Waals surface area (Å²) in [6.07, 6.45) is 0. The average molecular weight is 319 g/mol. The maximum atomic E-state index is 11.8. The summed E-state index contributed by atoms with van der Waals surface area (Å²) in [5, 5.41) is 2.79. The zero-order chi connectivity index (χ0) is 15.0. The lowest BCUT2D eigenvalue weighted by Gasteiger charge is -2.14. The standard InChI is InChI=1S/C14H22N2O4.ClH/c1-10(9-15)14(17)16-11-4-5-12(19-3)13(8-11)20-7-6-18-2;/h4-5,8,10H,6-7,9,15H2,1-3H3,(H,16,17);1H. The summed E-state index contributed by atoms with van der Waals surface area (Å²) in [5.74, 6) is 0.796. The van der Waals surface area contributed by atoms with Crippen LogP contribution < -0.4 is 20.5 Å². The van der Waals surface area contributed by atoms with Crippen LogP contribution in [0.1, 0.15) is 6.92 Å². The Bertz CT molecular complexity index is 443. The minimum Gasteiger partial charge on any atom is -0.493 e. The predicted octanol–water partition coefficient (Wildman–Crippen LogP) is 1.68. The second-order valence-electron chi connectivity index (χ2n) is 4.33. The molecule has 0 radical (unpaired) electrons. The Hall–Kier alpha value is -1.50. The minimum absolute atomic E-state index is 0. The summed E-state index contributed by atoms with van der Waals surface area (Å²) >= 11 is 0. The first-order valence-electron chi connectivity index (χ1n) is 6.43. The first-order valence-corrected chi connectivity index (χ1v) is 6.43. The molecule has 0 bridgehead atoms. The fraction of sp³-hybridized carbons (Fsp3) is 0.500. The summed E-state index contributed by atoms with van der Waals surface area (Å²) in [6.45, 7) is 2.96. The van der Waals surface area contributed by atoms with Gasteiger partial charge in [-0.25, -0.2) is 0 Å². The van der Waals surface area contributed by atoms with Crippen molar-refractivity contribution in [1.29, 1.82) is 0 Å². The molecule has 0 fully saturated rings. The molecule has 0 heterocycles. The number of nitrogens with one attached hydrogen (secondary N) is 1. The van der Waals surface area contributed by atoms with E-state index in [0.717, 1.165) is 0 Å². The van der Waals surface area contributed by atoms with E-state index in [1.165, 1.54) is 0 Å². The van der Waals surface area contributed by atoms with E-state index in [1.54, 1.807) is 39.3 Å². The van der Waals surface area contributed by atoms with Crippen LogP contribution in [0.15, 0.2) is 18.2 Å². The third-order valence-electron chi connectivity index (χ3n) is 2.78. The minimum atomic E-state index is -0.241. The maximum Gasteiger partial charge on any atom is 0.228 e. The number of halogens is 1. The molecule has 0 aliphatic heterocycles. The number of benzene rings is 1. The zero-order valence-electron chi connectivity index (χ0n) is 12.5. The summed E-state index contributed by atoms with van der Waals surface area (Å²) in [5.41, 5.74) is 6.11. The van der Waals surface area contributed by atoms with Crippen molar-refractivity contribution in [2.45, 2.75) is 6.92 Å². The van der Waals surface area contributed by atoms with Crippen LogP contribution >= 0.6 is 12.4 Å². The molecule has 0 spiro atoms. The van der Waals surface area contributed by atoms with Crippen molar-refractivity contribution in [3.63, 3.8) is 0 Å². The topological polar surface area (TPSA) is 82.8 Å². The second-order valence-corrected chi connectivity index (χ2v) is 4.33. The first kappa shape index (κ1) is 19.5. The van der Waals surface area contributed by atoms with Gasteiger partial charge in [0.25, 0.3) is 0 Å². The fourth-order valence-corrected chi connectivity index (χ4v) is 1.47. The van der Waals surface area contributed by atoms with E-state index >= 15 is 0 Å². The van der Waals surface area contributed by atoms with Crippen LogP contribution in [0.25, 0.3) is 0 Å². The van der Waals surface area contributed by atoms with E-state index in [-0.39, 0.29) is 24.2 Å². The highest BCUT2D eigenvalue weighted by atomic mass is 35.5. The Labute approximate surface area is 131 Å². The highest BCUT2D eigenvalue weighted by Crippen LogP contribution is 2.30. The number of hydrogen-bond acceptors (Lipinski definition) is 5. The van der Waals surface area contributed by atoms with E-state index in [9.17, 15) is 4.79 Å². The van der Waals surface area contributed by atoms with Gasteiger partial charge in [0, 0.05) is 31.3 Å². The molecule has 6 nitrogen and oxygen atoms in total. The molecule has 1 aromatic rings. The van der Waals surface area contributed by atoms with Crippen LogP contribution in [0.2, 0.25) is 0 Å². The van der Waals surface area contributed by atoms with Crippen molar-refractivity contribution in [2.24, 2.45) is 11.7 Å². The van der Waals surface area contributed by atoms with Gasteiger partial charge in [-0.05, 0) is 12.1 Å². The number of anilines is 1. The van der Waals surface area contributed by atoms with Gasteiger partial charge in [0.1, 0.15) is 6.61 Å². The Morgan fingerprint density at radius 3 is 2.57 bits per heavy atom. The van der Waals surface area contributed by atoms with Crippen LogP contribution in [-0.4, -0.2) is 39.9 Å². The molecule has 7 heteroatoms. The molecule has 0 aromatic heterocycles. The van der Waals surface area contributed by atoms with Gasteiger partial charge in [-0.15, -0.1) is 12.4 Å². The van der Waals surface area contributed by atoms with Gasteiger partial charge in [0.05, 0.1) is 13.7 Å². The van der Waals surface area contributed by atoms with Crippen molar-refractivity contribution in [3.8, 4) is 11.5 Å². The van der Waals surface area contributed by atoms with Crippen molar-refractivity contribution in [2.75, 3.05) is 39.3 Å². The van der Waals surface area contributed by atoms with Crippen molar-refractivity contribution >= 4 is 24.0 Å². The molecule has 1 unspecified atom stereocenters. The fourth-order valence-electron chi connectivity index (χ4n) is 1.47. The second kappa shape index (κ2) is 10.3. The van der Waals surface area contributed by atoms with Crippen molar-refractivity contribution < 1.29 is 19.0 Å². The summed E-state index contributed by atoms with van der Waals surface area (Å²) in [4.78, 5) is 11.8. The van der Waals surface area contributed by atoms with E-state index in [0.29, 0.717) is 36.9 Å². The quantitative estimate of drug-likeness (QED) is 0.713. The van der Waals surface area contributed by atoms with Gasteiger partial charge in [-0.2, -0.15) is 0 Å². The third-order valence-corrected chi connectivity index (χ3v) is 2.78. The molecule has 0 saturated heterocycles. The van der Waals surface area contributed by atoms with Gasteiger partial charge < -0.3 is 25.3 Å². The normalized spacial score (nSPS) is 11.2. The third kappa shape index (κ3) is 6.20. The van der Waals surface area contributed by atoms with Gasteiger partial charge >= 0.3 is 0 Å². The highest BCUT2D eigenvalue weighted by molar-refractivity contribution is 5.92. The van der Waals surface area contributed by atoms with Crippen LogP contribution in [0, 0.1) is 5.92 Å². The predicted molar refractivity (Wildman–Crippen MR) is 84.5 cm³/mol. The first-order chi connectivity index (χ1) is 9.62. The molecule has 1 aromatic carbocycles. The smallest absolute Gasteiger partial charge is 0.228 e. The lowest BCUT2D eigenvalue weighted by Crippen LogP contribution is -2.26. The monoisotopic (exact) mass is 318 g/mol. The largest absolute Gasteiger partial charge is 0.493 e. The lowest BCUT2D eigenvalue weighted by atomic mass is 10.1. The van der Waals surface area contributed by atoms with E-state index in [1.807, 2.05) is 0 Å². The summed E-state index contributed by atoms with van der Waals surface area (Å²) < 4.78 is 15.7. The number of nitrogens with two attached hydrogens (primary N) is 1. The maximum absolute atomic E-state index is 11.8. The highest BCUT2D eigenvalue weighted by Gasteiger charge is 2.12. The van der Waals surface area contributed by atoms with Crippen LogP contribution in [0.3, 0.4) is 0 Å². The molecule has 3 N–H and O–H groups in total. The Kier molecular flexibility index (Phi) is 9.53. The van der Waals surface area contributed by atoms with Crippen molar-refractivity contribution in [3.05, 3.63) is 18.2 Å². The van der Waals surface area contributed by atoms with E-state index < -0.39 is 0 Å². The number of amides is 1. The number of carbonyl (C=O) groups is 1. The van der Waals surface area contributed by atoms with Gasteiger partial charge in [0.15, 0.2) is 11.5 Å². The van der Waals surface area contributed by atoms with E-state index in [4.69, 9.17) is 19.9 Å². The van der Waals surface area contributed by atoms with Crippen LogP contribution in [-0.2, 0) is 9.53 Å². The summed E-state index contributed by atoms with van der Waals surface area (Å²) in [7, 11) is 3.17. The number of methoxy groups -OCH3 is 2. The van der Waals surface area contributed by atoms with Gasteiger partial charge in [0.2, 0.25) is 5.91 Å². The molecule has 0 aliphatic carbocycles. The zero-order valence-corrected chi connectivity index (χ0v) is 13.4. The van der Waals surface area contributed by atoms with Crippen LogP contribution in [0.4, 0.5) is 5.69 Å². The molecule has 0 saturated carbocycles. The number of rotatable bonds is 8. The molecule has 21 heavy (non-hydrogen) atoms. The van der Waals surface area contributed by atoms with Gasteiger partial charge in [-0.3, -0.25) is 4.79 Å². The molecular weight excluding hydrogens is 296 g/mol. The number of carbonyl (C=O) groups excluding carboxylic acids is 1. The van der Waals surface area contributed by atoms with Crippen molar-refractivity contribution in [1.82, 2.24) is 0 Å². The molecule has 0 aliphatic rings. The Balaban J connectivity index is 0.00000400. The number of ether oxygens (including phenoxy) is 3. The molecule has 120 valence electrons. The molecule has 1 amide bonds. The Morgan fingerprint density at radius 2 is 2.00 bits per heavy atom. The number of hydrogen-bond donors (Lipinski definition) is 2. The molecular formula is C14H23ClN2O4. The van der Waals surface area contributed by atoms with E-state index in [2.05, 4.69) is 5.32 Å². The molecule has 1 rings (SSSR count).